The number of benzene rings is 1. The first-order valence-corrected chi connectivity index (χ1v) is 11.9. The molecule has 1 heterocycles. The normalized spacial score (nSPS) is 26.2. The maximum atomic E-state index is 13.0. The zero-order valence-electron chi connectivity index (χ0n) is 21.2. The number of ether oxygens (including phenoxy) is 2. The Hall–Kier alpha value is -3.10. The number of hydrogen-bond acceptors (Lipinski definition) is 7. The molecular weight excluding hydrogens is 448 g/mol. The molecule has 0 bridgehead atoms. The van der Waals surface area contributed by atoms with Crippen molar-refractivity contribution in [2.45, 2.75) is 65.3 Å². The number of hydrogen-bond donors (Lipinski definition) is 4. The van der Waals surface area contributed by atoms with Gasteiger partial charge >= 0.3 is 5.97 Å². The van der Waals surface area contributed by atoms with Crippen LogP contribution in [0.25, 0.3) is 6.08 Å². The number of phenols is 1. The van der Waals surface area contributed by atoms with Gasteiger partial charge in [-0.15, -0.1) is 0 Å². The SMILES string of the molecule is C/C=C(/CCOc1cc(O)c2c(c1)/C=C/CC(O)C(O)C/C=C\C(C)C(C)OC2=O)NC(C)=NC. The molecule has 0 spiro atoms. The Labute approximate surface area is 207 Å². The van der Waals surface area contributed by atoms with Crippen molar-refractivity contribution < 1.29 is 29.6 Å². The fourth-order valence-corrected chi connectivity index (χ4v) is 3.48. The molecule has 4 atom stereocenters. The van der Waals surface area contributed by atoms with E-state index in [1.165, 1.54) is 6.07 Å². The van der Waals surface area contributed by atoms with Crippen molar-refractivity contribution in [2.75, 3.05) is 13.7 Å². The monoisotopic (exact) mass is 486 g/mol. The lowest BCUT2D eigenvalue weighted by molar-refractivity contribution is 0.0227. The first-order valence-electron chi connectivity index (χ1n) is 11.9. The number of esters is 1. The molecule has 0 aromatic heterocycles. The molecule has 0 aliphatic carbocycles. The van der Waals surface area contributed by atoms with Gasteiger partial charge in [0.05, 0.1) is 24.7 Å². The van der Waals surface area contributed by atoms with Gasteiger partial charge in [-0.05, 0) is 45.2 Å². The Balaban J connectivity index is 2.30. The van der Waals surface area contributed by atoms with Crippen LogP contribution in [-0.2, 0) is 4.74 Å². The number of aliphatic imine (C=N–C) groups is 1. The van der Waals surface area contributed by atoms with Gasteiger partial charge in [0.1, 0.15) is 23.2 Å². The Bertz CT molecular complexity index is 982. The quantitative estimate of drug-likeness (QED) is 0.215. The second-order valence-corrected chi connectivity index (χ2v) is 8.66. The van der Waals surface area contributed by atoms with Crippen molar-refractivity contribution in [2.24, 2.45) is 10.9 Å². The summed E-state index contributed by atoms with van der Waals surface area (Å²) < 4.78 is 11.5. The van der Waals surface area contributed by atoms with E-state index in [4.69, 9.17) is 9.47 Å². The molecule has 192 valence electrons. The van der Waals surface area contributed by atoms with Crippen molar-refractivity contribution in [3.8, 4) is 11.5 Å². The molecule has 4 N–H and O–H groups in total. The van der Waals surface area contributed by atoms with Gasteiger partial charge < -0.3 is 30.1 Å². The number of carbonyl (C=O) groups is 1. The van der Waals surface area contributed by atoms with Gasteiger partial charge in [-0.1, -0.05) is 37.3 Å². The Morgan fingerprint density at radius 3 is 2.57 bits per heavy atom. The minimum absolute atomic E-state index is 0.0225. The topological polar surface area (TPSA) is 121 Å². The highest BCUT2D eigenvalue weighted by molar-refractivity contribution is 5.97. The number of nitrogens with one attached hydrogen (secondary N) is 1. The van der Waals surface area contributed by atoms with Crippen LogP contribution in [0.3, 0.4) is 0 Å². The van der Waals surface area contributed by atoms with Crippen LogP contribution < -0.4 is 10.1 Å². The number of aliphatic hydroxyl groups is 2. The summed E-state index contributed by atoms with van der Waals surface area (Å²) in [5.41, 5.74) is 1.37. The van der Waals surface area contributed by atoms with E-state index in [0.29, 0.717) is 30.8 Å². The molecule has 0 fully saturated rings. The largest absolute Gasteiger partial charge is 0.507 e. The number of phenolic OH excluding ortho intramolecular Hbond substituents is 1. The number of rotatable bonds is 5. The fraction of sp³-hybridized carbons (Fsp3) is 0.481. The summed E-state index contributed by atoms with van der Waals surface area (Å²) >= 11 is 0. The maximum absolute atomic E-state index is 13.0. The van der Waals surface area contributed by atoms with Gasteiger partial charge in [-0.25, -0.2) is 4.79 Å². The fourth-order valence-electron chi connectivity index (χ4n) is 3.48. The molecule has 1 aliphatic heterocycles. The van der Waals surface area contributed by atoms with E-state index in [0.717, 1.165) is 11.5 Å². The van der Waals surface area contributed by atoms with Gasteiger partial charge in [0.25, 0.3) is 0 Å². The van der Waals surface area contributed by atoms with Crippen molar-refractivity contribution in [3.63, 3.8) is 0 Å². The van der Waals surface area contributed by atoms with Crippen LogP contribution in [0, 0.1) is 5.92 Å². The zero-order valence-corrected chi connectivity index (χ0v) is 21.2. The highest BCUT2D eigenvalue weighted by atomic mass is 16.5. The van der Waals surface area contributed by atoms with Crippen molar-refractivity contribution in [1.29, 1.82) is 0 Å². The van der Waals surface area contributed by atoms with Gasteiger partial charge in [0.2, 0.25) is 0 Å². The molecule has 2 rings (SSSR count). The lowest BCUT2D eigenvalue weighted by atomic mass is 10.00. The second kappa shape index (κ2) is 13.7. The van der Waals surface area contributed by atoms with Crippen LogP contribution in [0.1, 0.15) is 62.9 Å². The molecule has 8 nitrogen and oxygen atoms in total. The van der Waals surface area contributed by atoms with Crippen molar-refractivity contribution >= 4 is 17.9 Å². The van der Waals surface area contributed by atoms with E-state index in [-0.39, 0.29) is 23.7 Å². The summed E-state index contributed by atoms with van der Waals surface area (Å²) in [6.07, 6.45) is 7.55. The lowest BCUT2D eigenvalue weighted by Gasteiger charge is -2.20. The summed E-state index contributed by atoms with van der Waals surface area (Å²) in [6.45, 7) is 7.79. The molecule has 35 heavy (non-hydrogen) atoms. The summed E-state index contributed by atoms with van der Waals surface area (Å²) in [5, 5.41) is 34.4. The van der Waals surface area contributed by atoms with E-state index in [1.54, 1.807) is 38.3 Å². The number of aliphatic hydroxyl groups excluding tert-OH is 2. The number of allylic oxidation sites excluding steroid dienone is 1. The lowest BCUT2D eigenvalue weighted by Crippen LogP contribution is -2.25. The molecule has 0 saturated carbocycles. The molecule has 0 amide bonds. The molecule has 4 unspecified atom stereocenters. The first-order chi connectivity index (χ1) is 16.7. The molecule has 1 aromatic rings. The third kappa shape index (κ3) is 8.56. The predicted molar refractivity (Wildman–Crippen MR) is 138 cm³/mol. The van der Waals surface area contributed by atoms with Gasteiger partial charge in [-0.2, -0.15) is 0 Å². The van der Waals surface area contributed by atoms with E-state index in [9.17, 15) is 20.1 Å². The van der Waals surface area contributed by atoms with Gasteiger partial charge in [0.15, 0.2) is 0 Å². The molecule has 0 radical (unpaired) electrons. The molecule has 1 aliphatic rings. The van der Waals surface area contributed by atoms with Crippen molar-refractivity contribution in [1.82, 2.24) is 5.32 Å². The van der Waals surface area contributed by atoms with Crippen LogP contribution in [0.4, 0.5) is 0 Å². The van der Waals surface area contributed by atoms with Crippen LogP contribution in [0.2, 0.25) is 0 Å². The summed E-state index contributed by atoms with van der Waals surface area (Å²) in [5.74, 6) is 0.159. The number of amidine groups is 1. The Kier molecular flexibility index (Phi) is 11.0. The number of cyclic esters (lactones) is 1. The number of carbonyl (C=O) groups excluding carboxylic acids is 1. The van der Waals surface area contributed by atoms with E-state index in [1.807, 2.05) is 32.9 Å². The third-order valence-electron chi connectivity index (χ3n) is 5.96. The van der Waals surface area contributed by atoms with Crippen LogP contribution in [0.15, 0.2) is 47.1 Å². The summed E-state index contributed by atoms with van der Waals surface area (Å²) in [4.78, 5) is 17.0. The van der Waals surface area contributed by atoms with Gasteiger partial charge in [0, 0.05) is 31.1 Å². The smallest absolute Gasteiger partial charge is 0.342 e. The average molecular weight is 487 g/mol. The molecular formula is C27H38N2O6. The zero-order chi connectivity index (χ0) is 26.0. The average Bonchev–Trinajstić information content (AvgIpc) is 2.81. The Morgan fingerprint density at radius 1 is 1.23 bits per heavy atom. The summed E-state index contributed by atoms with van der Waals surface area (Å²) in [6, 6.07) is 3.04. The minimum Gasteiger partial charge on any atom is -0.507 e. The number of nitrogens with zero attached hydrogens (tertiary/aromatic N) is 1. The minimum atomic E-state index is -0.961. The van der Waals surface area contributed by atoms with E-state index >= 15 is 0 Å². The number of fused-ring (bicyclic) bond motifs is 1. The van der Waals surface area contributed by atoms with E-state index < -0.39 is 24.3 Å². The second-order valence-electron chi connectivity index (χ2n) is 8.66. The van der Waals surface area contributed by atoms with Crippen LogP contribution in [0.5, 0.6) is 11.5 Å². The molecule has 0 saturated heterocycles. The predicted octanol–water partition coefficient (Wildman–Crippen LogP) is 3.97. The van der Waals surface area contributed by atoms with Crippen LogP contribution in [-0.4, -0.2) is 59.1 Å². The maximum Gasteiger partial charge on any atom is 0.342 e. The Morgan fingerprint density at radius 2 is 1.91 bits per heavy atom. The van der Waals surface area contributed by atoms with Gasteiger partial charge in [-0.3, -0.25) is 4.99 Å². The third-order valence-corrected chi connectivity index (χ3v) is 5.96. The van der Waals surface area contributed by atoms with Crippen molar-refractivity contribution in [3.05, 3.63) is 53.3 Å². The molecule has 1 aromatic carbocycles. The number of aromatic hydroxyl groups is 1. The van der Waals surface area contributed by atoms with E-state index in [2.05, 4.69) is 10.3 Å². The highest BCUT2D eigenvalue weighted by Crippen LogP contribution is 2.31. The summed E-state index contributed by atoms with van der Waals surface area (Å²) in [7, 11) is 1.71. The first kappa shape index (κ1) is 28.1. The highest BCUT2D eigenvalue weighted by Gasteiger charge is 2.23. The molecule has 8 heteroatoms. The van der Waals surface area contributed by atoms with Crippen LogP contribution >= 0.6 is 0 Å². The standard InChI is InChI=1S/C27H38N2O6/c1-6-21(29-19(4)28-5)13-14-34-22-15-20-10-8-12-24(31)23(30)11-7-9-17(2)18(3)35-27(33)26(20)25(32)16-22/h6-10,15-18,23-24,30-32H,11-14H2,1-5H3,(H,28,29)/b9-7-,10-8+,21-6-.